The third-order valence-electron chi connectivity index (χ3n) is 2.58. The first-order valence-corrected chi connectivity index (χ1v) is 5.31. The van der Waals surface area contributed by atoms with Crippen LogP contribution >= 0.6 is 0 Å². The van der Waals surface area contributed by atoms with E-state index < -0.39 is 0 Å². The van der Waals surface area contributed by atoms with Crippen molar-refractivity contribution in [1.29, 1.82) is 0 Å². The largest absolute Gasteiger partial charge is 0.377 e. The van der Waals surface area contributed by atoms with Crippen LogP contribution in [0.2, 0.25) is 0 Å². The van der Waals surface area contributed by atoms with Gasteiger partial charge in [0.25, 0.3) is 0 Å². The van der Waals surface area contributed by atoms with Crippen molar-refractivity contribution in [3.8, 4) is 0 Å². The Balaban J connectivity index is 1.90. The van der Waals surface area contributed by atoms with Crippen molar-refractivity contribution >= 4 is 0 Å². The molecule has 2 heteroatoms. The first kappa shape index (κ1) is 9.69. The van der Waals surface area contributed by atoms with Crippen molar-refractivity contribution in [2.45, 2.75) is 18.9 Å². The van der Waals surface area contributed by atoms with Crippen molar-refractivity contribution < 1.29 is 4.74 Å². The molecule has 0 amide bonds. The standard InChI is InChI=1S/C12H17NO/c1-2-4-11(5-3-1)10-12-6-7-13-8-9-14-12/h1-5,12-13H,6-10H2. The van der Waals surface area contributed by atoms with Crippen molar-refractivity contribution in [3.63, 3.8) is 0 Å². The van der Waals surface area contributed by atoms with Crippen LogP contribution in [-0.2, 0) is 11.2 Å². The molecule has 1 atom stereocenters. The smallest absolute Gasteiger partial charge is 0.0628 e. The number of hydrogen-bond donors (Lipinski definition) is 1. The fraction of sp³-hybridized carbons (Fsp3) is 0.500. The van der Waals surface area contributed by atoms with Gasteiger partial charge in [0.1, 0.15) is 0 Å². The van der Waals surface area contributed by atoms with Gasteiger partial charge in [-0.1, -0.05) is 30.3 Å². The minimum absolute atomic E-state index is 0.396. The Morgan fingerprint density at radius 1 is 1.21 bits per heavy atom. The monoisotopic (exact) mass is 191 g/mol. The van der Waals surface area contributed by atoms with E-state index >= 15 is 0 Å². The molecule has 1 fully saturated rings. The summed E-state index contributed by atoms with van der Waals surface area (Å²) in [5.74, 6) is 0. The lowest BCUT2D eigenvalue weighted by Gasteiger charge is -2.14. The molecule has 2 rings (SSSR count). The highest BCUT2D eigenvalue weighted by molar-refractivity contribution is 5.15. The van der Waals surface area contributed by atoms with Gasteiger partial charge in [-0.2, -0.15) is 0 Å². The zero-order valence-corrected chi connectivity index (χ0v) is 8.41. The average molecular weight is 191 g/mol. The minimum atomic E-state index is 0.396. The molecule has 1 aromatic carbocycles. The van der Waals surface area contributed by atoms with Crippen molar-refractivity contribution in [3.05, 3.63) is 35.9 Å². The van der Waals surface area contributed by atoms with E-state index in [1.54, 1.807) is 0 Å². The topological polar surface area (TPSA) is 21.3 Å². The summed E-state index contributed by atoms with van der Waals surface area (Å²) >= 11 is 0. The van der Waals surface area contributed by atoms with E-state index in [0.717, 1.165) is 32.5 Å². The molecule has 2 nitrogen and oxygen atoms in total. The third kappa shape index (κ3) is 2.82. The Bertz CT molecular complexity index is 252. The second kappa shape index (κ2) is 5.13. The summed E-state index contributed by atoms with van der Waals surface area (Å²) in [6.45, 7) is 2.92. The van der Waals surface area contributed by atoms with Gasteiger partial charge in [-0.05, 0) is 24.9 Å². The van der Waals surface area contributed by atoms with Crippen LogP contribution in [0.3, 0.4) is 0 Å². The quantitative estimate of drug-likeness (QED) is 0.766. The van der Waals surface area contributed by atoms with E-state index in [1.165, 1.54) is 5.56 Å². The lowest BCUT2D eigenvalue weighted by atomic mass is 10.1. The molecule has 1 unspecified atom stereocenters. The fourth-order valence-electron chi connectivity index (χ4n) is 1.81. The van der Waals surface area contributed by atoms with Crippen LogP contribution in [0.5, 0.6) is 0 Å². The lowest BCUT2D eigenvalue weighted by molar-refractivity contribution is 0.0651. The summed E-state index contributed by atoms with van der Waals surface area (Å²) in [7, 11) is 0. The van der Waals surface area contributed by atoms with Crippen LogP contribution in [0.4, 0.5) is 0 Å². The molecular formula is C12H17NO. The lowest BCUT2D eigenvalue weighted by Crippen LogP contribution is -2.17. The Kier molecular flexibility index (Phi) is 3.55. The molecule has 1 saturated heterocycles. The molecule has 1 aliphatic heterocycles. The fourth-order valence-corrected chi connectivity index (χ4v) is 1.81. The van der Waals surface area contributed by atoms with Crippen LogP contribution in [0, 0.1) is 0 Å². The Hall–Kier alpha value is -0.860. The SMILES string of the molecule is c1ccc(CC2CCNCCO2)cc1. The molecule has 1 aliphatic rings. The summed E-state index contributed by atoms with van der Waals surface area (Å²) in [6.07, 6.45) is 2.56. The first-order valence-electron chi connectivity index (χ1n) is 5.31. The summed E-state index contributed by atoms with van der Waals surface area (Å²) in [6, 6.07) is 10.6. The Labute approximate surface area is 85.3 Å². The number of nitrogens with one attached hydrogen (secondary N) is 1. The summed E-state index contributed by atoms with van der Waals surface area (Å²) in [4.78, 5) is 0. The second-order valence-electron chi connectivity index (χ2n) is 3.72. The van der Waals surface area contributed by atoms with Gasteiger partial charge in [0.2, 0.25) is 0 Å². The first-order chi connectivity index (χ1) is 6.95. The summed E-state index contributed by atoms with van der Waals surface area (Å²) < 4.78 is 5.74. The van der Waals surface area contributed by atoms with Crippen LogP contribution < -0.4 is 5.32 Å². The molecule has 0 spiro atoms. The van der Waals surface area contributed by atoms with E-state index in [4.69, 9.17) is 4.74 Å². The Morgan fingerprint density at radius 2 is 2.07 bits per heavy atom. The van der Waals surface area contributed by atoms with E-state index in [-0.39, 0.29) is 0 Å². The van der Waals surface area contributed by atoms with Gasteiger partial charge in [-0.3, -0.25) is 0 Å². The molecule has 0 saturated carbocycles. The number of benzene rings is 1. The van der Waals surface area contributed by atoms with Gasteiger partial charge >= 0.3 is 0 Å². The van der Waals surface area contributed by atoms with Gasteiger partial charge in [0, 0.05) is 6.54 Å². The third-order valence-corrected chi connectivity index (χ3v) is 2.58. The highest BCUT2D eigenvalue weighted by Crippen LogP contribution is 2.09. The zero-order chi connectivity index (χ0) is 9.64. The molecule has 1 N–H and O–H groups in total. The number of ether oxygens (including phenoxy) is 1. The van der Waals surface area contributed by atoms with Gasteiger partial charge in [0.05, 0.1) is 12.7 Å². The molecule has 0 aromatic heterocycles. The molecule has 76 valence electrons. The highest BCUT2D eigenvalue weighted by Gasteiger charge is 2.12. The molecule has 0 radical (unpaired) electrons. The predicted octanol–water partition coefficient (Wildman–Crippen LogP) is 1.61. The summed E-state index contributed by atoms with van der Waals surface area (Å²) in [5.41, 5.74) is 1.37. The number of rotatable bonds is 2. The molecule has 14 heavy (non-hydrogen) atoms. The molecular weight excluding hydrogens is 174 g/mol. The van der Waals surface area contributed by atoms with E-state index in [9.17, 15) is 0 Å². The Morgan fingerprint density at radius 3 is 2.93 bits per heavy atom. The molecule has 1 heterocycles. The maximum atomic E-state index is 5.74. The van der Waals surface area contributed by atoms with Gasteiger partial charge in [-0.25, -0.2) is 0 Å². The van der Waals surface area contributed by atoms with Gasteiger partial charge in [-0.15, -0.1) is 0 Å². The predicted molar refractivity (Wildman–Crippen MR) is 57.4 cm³/mol. The van der Waals surface area contributed by atoms with Crippen molar-refractivity contribution in [2.75, 3.05) is 19.7 Å². The zero-order valence-electron chi connectivity index (χ0n) is 8.41. The highest BCUT2D eigenvalue weighted by atomic mass is 16.5. The van der Waals surface area contributed by atoms with Crippen LogP contribution in [0.15, 0.2) is 30.3 Å². The minimum Gasteiger partial charge on any atom is -0.377 e. The van der Waals surface area contributed by atoms with Crippen LogP contribution in [0.1, 0.15) is 12.0 Å². The normalized spacial score (nSPS) is 23.0. The van der Waals surface area contributed by atoms with Gasteiger partial charge < -0.3 is 10.1 Å². The van der Waals surface area contributed by atoms with E-state index in [2.05, 4.69) is 35.6 Å². The molecule has 0 bridgehead atoms. The van der Waals surface area contributed by atoms with E-state index in [0.29, 0.717) is 6.10 Å². The van der Waals surface area contributed by atoms with Gasteiger partial charge in [0.15, 0.2) is 0 Å². The van der Waals surface area contributed by atoms with Crippen LogP contribution in [0.25, 0.3) is 0 Å². The van der Waals surface area contributed by atoms with Crippen molar-refractivity contribution in [1.82, 2.24) is 5.32 Å². The average Bonchev–Trinajstić information content (AvgIpc) is 2.48. The molecule has 1 aromatic rings. The van der Waals surface area contributed by atoms with Crippen LogP contribution in [-0.4, -0.2) is 25.8 Å². The maximum Gasteiger partial charge on any atom is 0.0628 e. The van der Waals surface area contributed by atoms with Crippen molar-refractivity contribution in [2.24, 2.45) is 0 Å². The maximum absolute atomic E-state index is 5.74. The summed E-state index contributed by atoms with van der Waals surface area (Å²) in [5, 5.41) is 3.34. The number of hydrogen-bond acceptors (Lipinski definition) is 2. The molecule has 0 aliphatic carbocycles. The second-order valence-corrected chi connectivity index (χ2v) is 3.72. The van der Waals surface area contributed by atoms with E-state index in [1.807, 2.05) is 0 Å².